The number of nitrogens with zero attached hydrogens (tertiary/aromatic N) is 3. The van der Waals surface area contributed by atoms with Gasteiger partial charge in [0.15, 0.2) is 11.5 Å². The molecular formula is C19H13N5O3. The van der Waals surface area contributed by atoms with Crippen molar-refractivity contribution in [1.29, 1.82) is 5.26 Å². The zero-order valence-corrected chi connectivity index (χ0v) is 14.0. The lowest BCUT2D eigenvalue weighted by Gasteiger charge is -2.07. The quantitative estimate of drug-likeness (QED) is 0.737. The smallest absolute Gasteiger partial charge is 0.275 e. The third-order valence-corrected chi connectivity index (χ3v) is 3.78. The lowest BCUT2D eigenvalue weighted by Crippen LogP contribution is -2.14. The minimum atomic E-state index is -0.389. The lowest BCUT2D eigenvalue weighted by atomic mass is 10.2. The van der Waals surface area contributed by atoms with Crippen LogP contribution < -0.4 is 20.1 Å². The van der Waals surface area contributed by atoms with Crippen LogP contribution in [0.2, 0.25) is 0 Å². The largest absolute Gasteiger partial charge is 0.454 e. The van der Waals surface area contributed by atoms with Gasteiger partial charge in [-0.25, -0.2) is 9.97 Å². The van der Waals surface area contributed by atoms with Gasteiger partial charge < -0.3 is 20.1 Å². The average Bonchev–Trinajstić information content (AvgIpc) is 3.16. The molecule has 0 saturated carbocycles. The van der Waals surface area contributed by atoms with Gasteiger partial charge in [-0.15, -0.1) is 0 Å². The average molecular weight is 359 g/mol. The van der Waals surface area contributed by atoms with E-state index in [4.69, 9.17) is 14.7 Å². The number of carbonyl (C=O) groups is 1. The predicted octanol–water partition coefficient (Wildman–Crippen LogP) is 3.07. The maximum absolute atomic E-state index is 12.3. The van der Waals surface area contributed by atoms with Crippen LogP contribution in [0.4, 0.5) is 17.2 Å². The highest BCUT2D eigenvalue weighted by Crippen LogP contribution is 2.34. The molecule has 0 fully saturated rings. The number of hydrogen-bond donors (Lipinski definition) is 2. The van der Waals surface area contributed by atoms with Crippen molar-refractivity contribution < 1.29 is 14.3 Å². The van der Waals surface area contributed by atoms with Crippen LogP contribution in [0, 0.1) is 11.3 Å². The van der Waals surface area contributed by atoms with E-state index in [2.05, 4.69) is 26.7 Å². The van der Waals surface area contributed by atoms with Crippen molar-refractivity contribution >= 4 is 23.1 Å². The summed E-state index contributed by atoms with van der Waals surface area (Å²) in [5.74, 6) is 1.30. The third-order valence-electron chi connectivity index (χ3n) is 3.78. The van der Waals surface area contributed by atoms with E-state index in [-0.39, 0.29) is 18.4 Å². The monoisotopic (exact) mass is 359 g/mol. The van der Waals surface area contributed by atoms with E-state index in [1.54, 1.807) is 36.4 Å². The molecule has 0 atom stereocenters. The van der Waals surface area contributed by atoms with Crippen LogP contribution in [0.3, 0.4) is 0 Å². The first-order valence-electron chi connectivity index (χ1n) is 8.01. The Morgan fingerprint density at radius 3 is 2.74 bits per heavy atom. The van der Waals surface area contributed by atoms with Gasteiger partial charge in [0.05, 0.1) is 24.0 Å². The fraction of sp³-hybridized carbons (Fsp3) is 0.0526. The molecule has 1 aliphatic heterocycles. The van der Waals surface area contributed by atoms with Gasteiger partial charge in [0, 0.05) is 17.4 Å². The highest BCUT2D eigenvalue weighted by molar-refractivity contribution is 6.02. The van der Waals surface area contributed by atoms with Crippen molar-refractivity contribution in [3.05, 3.63) is 66.1 Å². The predicted molar refractivity (Wildman–Crippen MR) is 97.0 cm³/mol. The maximum Gasteiger partial charge on any atom is 0.275 e. The molecule has 0 spiro atoms. The molecule has 27 heavy (non-hydrogen) atoms. The molecule has 0 saturated heterocycles. The normalized spacial score (nSPS) is 11.5. The fourth-order valence-corrected chi connectivity index (χ4v) is 2.49. The summed E-state index contributed by atoms with van der Waals surface area (Å²) in [6.07, 6.45) is 2.83. The van der Waals surface area contributed by atoms with Gasteiger partial charge in [0.25, 0.3) is 5.91 Å². The van der Waals surface area contributed by atoms with Crippen molar-refractivity contribution in [3.63, 3.8) is 0 Å². The minimum absolute atomic E-state index is 0.170. The van der Waals surface area contributed by atoms with Crippen LogP contribution in [0.1, 0.15) is 16.1 Å². The summed E-state index contributed by atoms with van der Waals surface area (Å²) in [6.45, 7) is 0.171. The van der Waals surface area contributed by atoms with Gasteiger partial charge in [-0.2, -0.15) is 5.26 Å². The van der Waals surface area contributed by atoms with Crippen LogP contribution in [0.5, 0.6) is 11.5 Å². The zero-order valence-electron chi connectivity index (χ0n) is 14.0. The molecule has 2 heterocycles. The van der Waals surface area contributed by atoms with Crippen LogP contribution in [0.25, 0.3) is 0 Å². The number of carbonyl (C=O) groups excluding carboxylic acids is 1. The minimum Gasteiger partial charge on any atom is -0.454 e. The molecular weight excluding hydrogens is 346 g/mol. The number of anilines is 3. The van der Waals surface area contributed by atoms with E-state index >= 15 is 0 Å². The molecule has 132 valence electrons. The first-order chi connectivity index (χ1) is 13.2. The highest BCUT2D eigenvalue weighted by Gasteiger charge is 2.15. The Morgan fingerprint density at radius 2 is 1.93 bits per heavy atom. The molecule has 2 aromatic carbocycles. The number of amides is 1. The number of aromatic nitrogens is 2. The second-order valence-corrected chi connectivity index (χ2v) is 5.63. The molecule has 8 nitrogen and oxygen atoms in total. The summed E-state index contributed by atoms with van der Waals surface area (Å²) >= 11 is 0. The van der Waals surface area contributed by atoms with E-state index < -0.39 is 0 Å². The molecule has 0 unspecified atom stereocenters. The van der Waals surface area contributed by atoms with Gasteiger partial charge in [0.2, 0.25) is 6.79 Å². The topological polar surface area (TPSA) is 109 Å². The number of fused-ring (bicyclic) bond motifs is 1. The Morgan fingerprint density at radius 1 is 1.04 bits per heavy atom. The summed E-state index contributed by atoms with van der Waals surface area (Å²) in [4.78, 5) is 20.6. The second kappa shape index (κ2) is 7.01. The summed E-state index contributed by atoms with van der Waals surface area (Å²) in [7, 11) is 0. The summed E-state index contributed by atoms with van der Waals surface area (Å²) in [5.41, 5.74) is 1.99. The number of hydrogen-bond acceptors (Lipinski definition) is 7. The van der Waals surface area contributed by atoms with E-state index in [0.717, 1.165) is 0 Å². The van der Waals surface area contributed by atoms with E-state index in [0.29, 0.717) is 34.3 Å². The third kappa shape index (κ3) is 3.62. The Bertz CT molecular complexity index is 1040. The van der Waals surface area contributed by atoms with Crippen molar-refractivity contribution in [2.75, 3.05) is 17.4 Å². The number of ether oxygens (including phenoxy) is 2. The highest BCUT2D eigenvalue weighted by atomic mass is 16.7. The van der Waals surface area contributed by atoms with Crippen LogP contribution in [0.15, 0.2) is 54.9 Å². The number of benzene rings is 2. The fourth-order valence-electron chi connectivity index (χ4n) is 2.49. The molecule has 0 radical (unpaired) electrons. The van der Waals surface area contributed by atoms with Gasteiger partial charge in [-0.05, 0) is 30.3 Å². The van der Waals surface area contributed by atoms with Gasteiger partial charge in [0.1, 0.15) is 11.5 Å². The number of nitrogens with one attached hydrogen (secondary N) is 2. The molecule has 0 bridgehead atoms. The van der Waals surface area contributed by atoms with E-state index in [1.165, 1.54) is 12.4 Å². The zero-order chi connectivity index (χ0) is 18.6. The molecule has 0 aliphatic carbocycles. The van der Waals surface area contributed by atoms with Gasteiger partial charge >= 0.3 is 0 Å². The summed E-state index contributed by atoms with van der Waals surface area (Å²) < 4.78 is 10.5. The van der Waals surface area contributed by atoms with Crippen LogP contribution in [-0.4, -0.2) is 22.7 Å². The van der Waals surface area contributed by atoms with E-state index in [9.17, 15) is 4.79 Å². The van der Waals surface area contributed by atoms with Crippen molar-refractivity contribution in [3.8, 4) is 17.6 Å². The van der Waals surface area contributed by atoms with Gasteiger partial charge in [-0.1, -0.05) is 6.07 Å². The van der Waals surface area contributed by atoms with Crippen molar-refractivity contribution in [1.82, 2.24) is 9.97 Å². The second-order valence-electron chi connectivity index (χ2n) is 5.63. The molecule has 8 heteroatoms. The number of rotatable bonds is 4. The molecule has 1 aliphatic rings. The van der Waals surface area contributed by atoms with Crippen LogP contribution in [-0.2, 0) is 0 Å². The summed E-state index contributed by atoms with van der Waals surface area (Å²) in [5, 5.41) is 14.7. The van der Waals surface area contributed by atoms with Crippen molar-refractivity contribution in [2.24, 2.45) is 0 Å². The molecule has 3 aromatic rings. The first kappa shape index (κ1) is 16.4. The Hall–Kier alpha value is -4.12. The van der Waals surface area contributed by atoms with Gasteiger partial charge in [-0.3, -0.25) is 4.79 Å². The molecule has 2 N–H and O–H groups in total. The van der Waals surface area contributed by atoms with Crippen LogP contribution >= 0.6 is 0 Å². The first-order valence-corrected chi connectivity index (χ1v) is 8.01. The Labute approximate surface area is 154 Å². The Kier molecular flexibility index (Phi) is 4.25. The molecule has 1 aromatic heterocycles. The number of nitriles is 1. The van der Waals surface area contributed by atoms with Crippen molar-refractivity contribution in [2.45, 2.75) is 0 Å². The molecule has 4 rings (SSSR count). The Balaban J connectivity index is 1.43. The maximum atomic E-state index is 12.3. The molecule has 1 amide bonds. The standard InChI is InChI=1S/C19H13N5O3/c20-8-12-2-1-3-13(6-12)23-18-10-21-15(9-22-18)19(25)24-14-4-5-16-17(7-14)27-11-26-16/h1-7,9-10H,11H2,(H,22,23)(H,24,25). The lowest BCUT2D eigenvalue weighted by molar-refractivity contribution is 0.102. The SMILES string of the molecule is N#Cc1cccc(Nc2cnc(C(=O)Nc3ccc4c(c3)OCO4)cn2)c1. The van der Waals surface area contributed by atoms with E-state index in [1.807, 2.05) is 6.07 Å². The summed E-state index contributed by atoms with van der Waals surface area (Å²) in [6, 6.07) is 14.2.